The molecule has 0 aliphatic heterocycles. The van der Waals surface area contributed by atoms with Crippen LogP contribution in [0.1, 0.15) is 37.7 Å². The van der Waals surface area contributed by atoms with E-state index in [1.165, 1.54) is 31.6 Å². The standard InChI is InChI=1S/C18H20N2O5S/c1-11-4-8-16(26-11)13(21)6-9-17(22)19-20-18(23)12-5-7-14(24-2)15(10-12)25-3/h4-5,7-8,10H,6,9H2,1-3H3,(H,19,22)(H,20,23). The molecule has 138 valence electrons. The molecule has 0 atom stereocenters. The number of Topliss-reactive ketones (excluding diaryl/α,β-unsaturated/α-hetero) is 1. The molecule has 2 aromatic rings. The average Bonchev–Trinajstić information content (AvgIpc) is 3.09. The molecule has 26 heavy (non-hydrogen) atoms. The lowest BCUT2D eigenvalue weighted by Crippen LogP contribution is -2.41. The number of nitrogens with one attached hydrogen (secondary N) is 2. The van der Waals surface area contributed by atoms with Crippen molar-refractivity contribution in [2.45, 2.75) is 19.8 Å². The lowest BCUT2D eigenvalue weighted by Gasteiger charge is -2.10. The van der Waals surface area contributed by atoms with Gasteiger partial charge in [-0.15, -0.1) is 11.3 Å². The Bertz CT molecular complexity index is 816. The first kappa shape index (κ1) is 19.5. The molecule has 7 nitrogen and oxygen atoms in total. The third kappa shape index (κ3) is 5.06. The summed E-state index contributed by atoms with van der Waals surface area (Å²) in [6.45, 7) is 1.91. The van der Waals surface area contributed by atoms with Gasteiger partial charge in [-0.3, -0.25) is 25.2 Å². The van der Waals surface area contributed by atoms with Crippen LogP contribution >= 0.6 is 11.3 Å². The number of carbonyl (C=O) groups is 3. The SMILES string of the molecule is COc1ccc(C(=O)NNC(=O)CCC(=O)c2ccc(C)s2)cc1OC. The zero-order valence-electron chi connectivity index (χ0n) is 14.8. The van der Waals surface area contributed by atoms with Crippen molar-refractivity contribution < 1.29 is 23.9 Å². The number of hydrazine groups is 1. The van der Waals surface area contributed by atoms with E-state index >= 15 is 0 Å². The van der Waals surface area contributed by atoms with Crippen LogP contribution in [0.15, 0.2) is 30.3 Å². The Kier molecular flexibility index (Phi) is 6.74. The van der Waals surface area contributed by atoms with Crippen molar-refractivity contribution in [3.8, 4) is 11.5 Å². The minimum Gasteiger partial charge on any atom is -0.493 e. The summed E-state index contributed by atoms with van der Waals surface area (Å²) in [5, 5.41) is 0. The highest BCUT2D eigenvalue weighted by Crippen LogP contribution is 2.27. The molecule has 0 radical (unpaired) electrons. The highest BCUT2D eigenvalue weighted by Gasteiger charge is 2.13. The van der Waals surface area contributed by atoms with Crippen LogP contribution in [0.25, 0.3) is 0 Å². The number of ether oxygens (including phenoxy) is 2. The second-order valence-electron chi connectivity index (χ2n) is 5.41. The molecular weight excluding hydrogens is 356 g/mol. The van der Waals surface area contributed by atoms with E-state index in [1.807, 2.05) is 13.0 Å². The number of thiophene rings is 1. The van der Waals surface area contributed by atoms with Crippen LogP contribution in [0.4, 0.5) is 0 Å². The van der Waals surface area contributed by atoms with Crippen LogP contribution < -0.4 is 20.3 Å². The second kappa shape index (κ2) is 9.00. The van der Waals surface area contributed by atoms with Crippen molar-refractivity contribution in [3.05, 3.63) is 45.6 Å². The minimum atomic E-state index is -0.500. The Hall–Kier alpha value is -2.87. The molecule has 2 N–H and O–H groups in total. The summed E-state index contributed by atoms with van der Waals surface area (Å²) in [7, 11) is 2.96. The summed E-state index contributed by atoms with van der Waals surface area (Å²) in [4.78, 5) is 37.6. The predicted molar refractivity (Wildman–Crippen MR) is 97.8 cm³/mol. The molecule has 2 rings (SSSR count). The van der Waals surface area contributed by atoms with Gasteiger partial charge in [-0.05, 0) is 37.3 Å². The number of benzene rings is 1. The first-order valence-electron chi connectivity index (χ1n) is 7.85. The van der Waals surface area contributed by atoms with Crippen LogP contribution in [-0.4, -0.2) is 31.8 Å². The van der Waals surface area contributed by atoms with E-state index in [9.17, 15) is 14.4 Å². The molecule has 0 saturated heterocycles. The van der Waals surface area contributed by atoms with E-state index in [4.69, 9.17) is 9.47 Å². The molecule has 0 aliphatic rings. The molecule has 1 aromatic carbocycles. The molecule has 1 heterocycles. The van der Waals surface area contributed by atoms with Gasteiger partial charge in [0.2, 0.25) is 5.91 Å². The van der Waals surface area contributed by atoms with Crippen LogP contribution in [0, 0.1) is 6.92 Å². The highest BCUT2D eigenvalue weighted by atomic mass is 32.1. The maximum Gasteiger partial charge on any atom is 0.269 e. The fourth-order valence-corrected chi connectivity index (χ4v) is 3.01. The largest absolute Gasteiger partial charge is 0.493 e. The number of aryl methyl sites for hydroxylation is 1. The third-order valence-electron chi connectivity index (χ3n) is 3.56. The zero-order chi connectivity index (χ0) is 19.1. The van der Waals surface area contributed by atoms with Gasteiger partial charge in [-0.1, -0.05) is 0 Å². The zero-order valence-corrected chi connectivity index (χ0v) is 15.6. The molecule has 0 saturated carbocycles. The third-order valence-corrected chi connectivity index (χ3v) is 4.60. The summed E-state index contributed by atoms with van der Waals surface area (Å²) in [6.07, 6.45) is 0.0695. The Labute approximate surface area is 155 Å². The fraction of sp³-hybridized carbons (Fsp3) is 0.278. The summed E-state index contributed by atoms with van der Waals surface area (Å²) < 4.78 is 10.2. The van der Waals surface area contributed by atoms with Crippen molar-refractivity contribution >= 4 is 28.9 Å². The van der Waals surface area contributed by atoms with Gasteiger partial charge in [0.25, 0.3) is 5.91 Å². The van der Waals surface area contributed by atoms with Gasteiger partial charge in [0.1, 0.15) is 0 Å². The van der Waals surface area contributed by atoms with Gasteiger partial charge in [0.05, 0.1) is 19.1 Å². The summed E-state index contributed by atoms with van der Waals surface area (Å²) >= 11 is 1.40. The lowest BCUT2D eigenvalue weighted by molar-refractivity contribution is -0.121. The number of hydrogen-bond donors (Lipinski definition) is 2. The van der Waals surface area contributed by atoms with Gasteiger partial charge in [-0.25, -0.2) is 0 Å². The Morgan fingerprint density at radius 2 is 1.69 bits per heavy atom. The molecule has 0 spiro atoms. The molecule has 0 fully saturated rings. The van der Waals surface area contributed by atoms with Crippen molar-refractivity contribution in [3.63, 3.8) is 0 Å². The number of amides is 2. The molecule has 0 unspecified atom stereocenters. The Morgan fingerprint density at radius 3 is 2.31 bits per heavy atom. The number of ketones is 1. The summed E-state index contributed by atoms with van der Waals surface area (Å²) in [5.74, 6) is -0.136. The van der Waals surface area contributed by atoms with Crippen LogP contribution in [0.3, 0.4) is 0 Å². The van der Waals surface area contributed by atoms with Crippen LogP contribution in [-0.2, 0) is 4.79 Å². The molecule has 8 heteroatoms. The number of methoxy groups -OCH3 is 2. The van der Waals surface area contributed by atoms with Crippen LogP contribution in [0.5, 0.6) is 11.5 Å². The maximum absolute atomic E-state index is 12.1. The fourth-order valence-electron chi connectivity index (χ4n) is 2.17. The highest BCUT2D eigenvalue weighted by molar-refractivity contribution is 7.14. The normalized spacial score (nSPS) is 10.1. The van der Waals surface area contributed by atoms with Crippen molar-refractivity contribution in [2.24, 2.45) is 0 Å². The Morgan fingerprint density at radius 1 is 0.962 bits per heavy atom. The predicted octanol–water partition coefficient (Wildman–Crippen LogP) is 2.50. The molecule has 1 aromatic heterocycles. The quantitative estimate of drug-likeness (QED) is 0.572. The molecule has 0 aliphatic carbocycles. The van der Waals surface area contributed by atoms with Crippen LogP contribution in [0.2, 0.25) is 0 Å². The maximum atomic E-state index is 12.1. The van der Waals surface area contributed by atoms with Gasteiger partial charge in [0.15, 0.2) is 17.3 Å². The summed E-state index contributed by atoms with van der Waals surface area (Å²) in [5.41, 5.74) is 4.91. The van der Waals surface area contributed by atoms with Crippen molar-refractivity contribution in [1.29, 1.82) is 0 Å². The first-order valence-corrected chi connectivity index (χ1v) is 8.67. The van der Waals surface area contributed by atoms with E-state index in [-0.39, 0.29) is 18.6 Å². The topological polar surface area (TPSA) is 93.7 Å². The molecule has 2 amide bonds. The number of hydrogen-bond acceptors (Lipinski definition) is 6. The average molecular weight is 376 g/mol. The smallest absolute Gasteiger partial charge is 0.269 e. The van der Waals surface area contributed by atoms with Gasteiger partial charge in [0, 0.05) is 23.3 Å². The number of rotatable bonds is 7. The van der Waals surface area contributed by atoms with E-state index in [0.717, 1.165) is 4.88 Å². The molecule has 0 bridgehead atoms. The van der Waals surface area contributed by atoms with Gasteiger partial charge < -0.3 is 9.47 Å². The minimum absolute atomic E-state index is 0.0119. The van der Waals surface area contributed by atoms with E-state index in [1.54, 1.807) is 18.2 Å². The van der Waals surface area contributed by atoms with E-state index < -0.39 is 11.8 Å². The summed E-state index contributed by atoms with van der Waals surface area (Å²) in [6, 6.07) is 8.26. The lowest BCUT2D eigenvalue weighted by atomic mass is 10.2. The second-order valence-corrected chi connectivity index (χ2v) is 6.69. The van der Waals surface area contributed by atoms with Crippen molar-refractivity contribution in [2.75, 3.05) is 14.2 Å². The first-order chi connectivity index (χ1) is 12.4. The van der Waals surface area contributed by atoms with Gasteiger partial charge >= 0.3 is 0 Å². The Balaban J connectivity index is 1.83. The monoisotopic (exact) mass is 376 g/mol. The molecular formula is C18H20N2O5S. The van der Waals surface area contributed by atoms with E-state index in [2.05, 4.69) is 10.9 Å². The van der Waals surface area contributed by atoms with Crippen molar-refractivity contribution in [1.82, 2.24) is 10.9 Å². The van der Waals surface area contributed by atoms with Gasteiger partial charge in [-0.2, -0.15) is 0 Å². The number of carbonyl (C=O) groups excluding carboxylic acids is 3. The van der Waals surface area contributed by atoms with E-state index in [0.29, 0.717) is 21.9 Å².